The van der Waals surface area contributed by atoms with E-state index in [9.17, 15) is 19.3 Å². The normalized spacial score (nSPS) is 10.7. The zero-order valence-electron chi connectivity index (χ0n) is 14.9. The predicted molar refractivity (Wildman–Crippen MR) is 94.0 cm³/mol. The van der Waals surface area contributed by atoms with Gasteiger partial charge in [-0.2, -0.15) is 5.10 Å². The summed E-state index contributed by atoms with van der Waals surface area (Å²) in [5.74, 6) is -0.757. The van der Waals surface area contributed by atoms with Crippen molar-refractivity contribution in [3.05, 3.63) is 45.0 Å². The van der Waals surface area contributed by atoms with Crippen LogP contribution in [0.4, 0.5) is 26.2 Å². The second-order valence-electron chi connectivity index (χ2n) is 5.72. The van der Waals surface area contributed by atoms with E-state index in [1.165, 1.54) is 6.92 Å². The van der Waals surface area contributed by atoms with Crippen LogP contribution in [0.25, 0.3) is 0 Å². The van der Waals surface area contributed by atoms with Gasteiger partial charge >= 0.3 is 6.03 Å². The Kier molecular flexibility index (Phi) is 5.88. The molecule has 1 aromatic carbocycles. The molecule has 0 saturated carbocycles. The van der Waals surface area contributed by atoms with Crippen LogP contribution in [-0.2, 0) is 11.3 Å². The van der Waals surface area contributed by atoms with Crippen molar-refractivity contribution in [3.8, 4) is 0 Å². The van der Waals surface area contributed by atoms with E-state index in [-0.39, 0.29) is 16.9 Å². The van der Waals surface area contributed by atoms with Crippen molar-refractivity contribution < 1.29 is 18.8 Å². The molecule has 0 aliphatic rings. The van der Waals surface area contributed by atoms with Gasteiger partial charge in [0.25, 0.3) is 5.69 Å². The number of methoxy groups -OCH3 is 1. The van der Waals surface area contributed by atoms with E-state index in [2.05, 4.69) is 15.7 Å². The number of hydrogen-bond acceptors (Lipinski definition) is 5. The van der Waals surface area contributed by atoms with E-state index in [4.69, 9.17) is 4.74 Å². The Bertz CT molecular complexity index is 850. The first-order valence-corrected chi connectivity index (χ1v) is 7.80. The maximum Gasteiger partial charge on any atom is 0.323 e. The van der Waals surface area contributed by atoms with Crippen LogP contribution in [0.1, 0.15) is 17.0 Å². The number of benzene rings is 1. The third-order valence-electron chi connectivity index (χ3n) is 3.86. The summed E-state index contributed by atoms with van der Waals surface area (Å²) in [5.41, 5.74) is 1.41. The minimum atomic E-state index is -0.757. The fourth-order valence-corrected chi connectivity index (χ4v) is 2.49. The largest absolute Gasteiger partial charge is 0.383 e. The van der Waals surface area contributed by atoms with Crippen LogP contribution in [0.15, 0.2) is 12.1 Å². The van der Waals surface area contributed by atoms with Crippen LogP contribution < -0.4 is 10.6 Å². The number of nitro benzene ring substituents is 1. The number of aryl methyl sites for hydroxylation is 2. The summed E-state index contributed by atoms with van der Waals surface area (Å²) in [7, 11) is 1.58. The topological polar surface area (TPSA) is 111 Å². The van der Waals surface area contributed by atoms with E-state index in [0.29, 0.717) is 30.2 Å². The van der Waals surface area contributed by atoms with E-state index in [1.807, 2.05) is 0 Å². The van der Waals surface area contributed by atoms with Crippen LogP contribution in [0.3, 0.4) is 0 Å². The highest BCUT2D eigenvalue weighted by Crippen LogP contribution is 2.26. The lowest BCUT2D eigenvalue weighted by Crippen LogP contribution is -2.21. The zero-order valence-corrected chi connectivity index (χ0v) is 14.9. The molecule has 0 fully saturated rings. The van der Waals surface area contributed by atoms with Gasteiger partial charge in [0.15, 0.2) is 0 Å². The van der Waals surface area contributed by atoms with Gasteiger partial charge in [-0.25, -0.2) is 9.18 Å². The maximum atomic E-state index is 14.0. The van der Waals surface area contributed by atoms with Gasteiger partial charge in [0, 0.05) is 18.7 Å². The van der Waals surface area contributed by atoms with E-state index in [1.54, 1.807) is 25.6 Å². The molecule has 1 aromatic heterocycles. The number of urea groups is 1. The number of anilines is 2. The molecular weight excluding hydrogens is 345 g/mol. The van der Waals surface area contributed by atoms with Gasteiger partial charge in [-0.3, -0.25) is 14.8 Å². The van der Waals surface area contributed by atoms with Crippen molar-refractivity contribution >= 4 is 23.1 Å². The zero-order chi connectivity index (χ0) is 19.4. The number of nitrogens with zero attached hydrogens (tertiary/aromatic N) is 3. The molecule has 0 bridgehead atoms. The number of carbonyl (C=O) groups excluding carboxylic acids is 1. The Morgan fingerprint density at radius 2 is 2.04 bits per heavy atom. The summed E-state index contributed by atoms with van der Waals surface area (Å²) in [6.07, 6.45) is 0. The molecule has 10 heteroatoms. The lowest BCUT2D eigenvalue weighted by molar-refractivity contribution is -0.385. The smallest absolute Gasteiger partial charge is 0.323 e. The first-order chi connectivity index (χ1) is 12.2. The van der Waals surface area contributed by atoms with Crippen LogP contribution in [0, 0.1) is 36.7 Å². The summed E-state index contributed by atoms with van der Waals surface area (Å²) in [5, 5.41) is 20.2. The summed E-state index contributed by atoms with van der Waals surface area (Å²) in [6.45, 7) is 5.91. The van der Waals surface area contributed by atoms with Gasteiger partial charge in [0.05, 0.1) is 40.8 Å². The van der Waals surface area contributed by atoms with Crippen LogP contribution in [0.5, 0.6) is 0 Å². The molecule has 2 amide bonds. The molecular formula is C16H20FN5O4. The first kappa shape index (κ1) is 19.3. The van der Waals surface area contributed by atoms with E-state index >= 15 is 0 Å². The van der Waals surface area contributed by atoms with Crippen LogP contribution in [-0.4, -0.2) is 34.5 Å². The summed E-state index contributed by atoms with van der Waals surface area (Å²) in [4.78, 5) is 22.5. The fraction of sp³-hybridized carbons (Fsp3) is 0.375. The van der Waals surface area contributed by atoms with Crippen molar-refractivity contribution in [2.24, 2.45) is 0 Å². The lowest BCUT2D eigenvalue weighted by Gasteiger charge is -2.10. The Morgan fingerprint density at radius 3 is 2.65 bits per heavy atom. The number of rotatable bonds is 6. The summed E-state index contributed by atoms with van der Waals surface area (Å²) in [6, 6.07) is 1.28. The Labute approximate surface area is 149 Å². The van der Waals surface area contributed by atoms with Gasteiger partial charge in [-0.1, -0.05) is 0 Å². The number of amides is 2. The van der Waals surface area contributed by atoms with E-state index in [0.717, 1.165) is 12.1 Å². The molecule has 1 heterocycles. The quantitative estimate of drug-likeness (QED) is 0.603. The second kappa shape index (κ2) is 7.91. The third kappa shape index (κ3) is 4.14. The van der Waals surface area contributed by atoms with E-state index < -0.39 is 16.8 Å². The molecule has 0 aliphatic carbocycles. The molecule has 2 N–H and O–H groups in total. The number of nitro groups is 1. The van der Waals surface area contributed by atoms with Crippen molar-refractivity contribution in [3.63, 3.8) is 0 Å². The Hall–Kier alpha value is -3.01. The Balaban J connectivity index is 2.18. The highest BCUT2D eigenvalue weighted by Gasteiger charge is 2.19. The fourth-order valence-electron chi connectivity index (χ4n) is 2.49. The highest BCUT2D eigenvalue weighted by atomic mass is 19.1. The number of carbonyl (C=O) groups is 1. The molecule has 0 unspecified atom stereocenters. The average molecular weight is 365 g/mol. The third-order valence-corrected chi connectivity index (χ3v) is 3.86. The summed E-state index contributed by atoms with van der Waals surface area (Å²) >= 11 is 0. The van der Waals surface area contributed by atoms with Gasteiger partial charge in [0.2, 0.25) is 0 Å². The monoisotopic (exact) mass is 365 g/mol. The number of hydrogen-bond donors (Lipinski definition) is 2. The molecule has 26 heavy (non-hydrogen) atoms. The number of halogens is 1. The van der Waals surface area contributed by atoms with Gasteiger partial charge < -0.3 is 15.4 Å². The Morgan fingerprint density at radius 1 is 1.35 bits per heavy atom. The van der Waals surface area contributed by atoms with Crippen LogP contribution in [0.2, 0.25) is 0 Å². The number of nitrogens with one attached hydrogen (secondary N) is 2. The SMILES string of the molecule is COCCn1nc(C)c(NC(=O)Nc2cc([N+](=O)[O-])c(C)cc2F)c1C. The van der Waals surface area contributed by atoms with Gasteiger partial charge in [0.1, 0.15) is 5.82 Å². The van der Waals surface area contributed by atoms with Crippen molar-refractivity contribution in [1.29, 1.82) is 0 Å². The second-order valence-corrected chi connectivity index (χ2v) is 5.72. The maximum absolute atomic E-state index is 14.0. The minimum Gasteiger partial charge on any atom is -0.383 e. The highest BCUT2D eigenvalue weighted by molar-refractivity contribution is 6.00. The predicted octanol–water partition coefficient (Wildman–Crippen LogP) is 3.15. The molecule has 0 aliphatic heterocycles. The number of ether oxygens (including phenoxy) is 1. The van der Waals surface area contributed by atoms with Crippen molar-refractivity contribution in [2.75, 3.05) is 24.4 Å². The molecule has 140 valence electrons. The molecule has 0 atom stereocenters. The summed E-state index contributed by atoms with van der Waals surface area (Å²) < 4.78 is 20.7. The molecule has 0 saturated heterocycles. The minimum absolute atomic E-state index is 0.171. The van der Waals surface area contributed by atoms with Gasteiger partial charge in [-0.05, 0) is 26.8 Å². The molecule has 9 nitrogen and oxygen atoms in total. The molecule has 2 aromatic rings. The lowest BCUT2D eigenvalue weighted by atomic mass is 10.1. The molecule has 0 spiro atoms. The standard InChI is InChI=1S/C16H20FN5O4/c1-9-7-12(17)13(8-14(9)22(24)25)18-16(23)19-15-10(2)20-21(11(15)3)5-6-26-4/h7-8H,5-6H2,1-4H3,(H2,18,19,23). The molecule has 0 radical (unpaired) electrons. The number of aromatic nitrogens is 2. The van der Waals surface area contributed by atoms with Crippen molar-refractivity contribution in [1.82, 2.24) is 9.78 Å². The first-order valence-electron chi connectivity index (χ1n) is 7.80. The molecule has 2 rings (SSSR count). The average Bonchev–Trinajstić information content (AvgIpc) is 2.82. The van der Waals surface area contributed by atoms with Crippen LogP contribution >= 0.6 is 0 Å². The van der Waals surface area contributed by atoms with Crippen molar-refractivity contribution in [2.45, 2.75) is 27.3 Å². The van der Waals surface area contributed by atoms with Gasteiger partial charge in [-0.15, -0.1) is 0 Å².